The van der Waals surface area contributed by atoms with Crippen molar-refractivity contribution in [2.75, 3.05) is 6.61 Å². The molecule has 0 aliphatic rings. The summed E-state index contributed by atoms with van der Waals surface area (Å²) in [6.45, 7) is 3.15. The van der Waals surface area contributed by atoms with E-state index in [-0.39, 0.29) is 6.04 Å². The van der Waals surface area contributed by atoms with Gasteiger partial charge in [-0.25, -0.2) is 4.98 Å². The third-order valence-electron chi connectivity index (χ3n) is 6.49. The first-order valence-electron chi connectivity index (χ1n) is 12.1. The predicted octanol–water partition coefficient (Wildman–Crippen LogP) is 5.81. The van der Waals surface area contributed by atoms with Crippen LogP contribution in [0.2, 0.25) is 0 Å². The fourth-order valence-electron chi connectivity index (χ4n) is 4.66. The van der Waals surface area contributed by atoms with Crippen LogP contribution in [0.3, 0.4) is 0 Å². The summed E-state index contributed by atoms with van der Waals surface area (Å²) in [4.78, 5) is 4.71. The van der Waals surface area contributed by atoms with Gasteiger partial charge in [0.05, 0.1) is 24.0 Å². The van der Waals surface area contributed by atoms with Crippen molar-refractivity contribution in [3.05, 3.63) is 91.1 Å². The molecule has 0 bridgehead atoms. The molecule has 36 heavy (non-hydrogen) atoms. The summed E-state index contributed by atoms with van der Waals surface area (Å²) in [5.41, 5.74) is 12.4. The van der Waals surface area contributed by atoms with E-state index < -0.39 is 0 Å². The third kappa shape index (κ3) is 4.14. The number of para-hydroxylation sites is 1. The summed E-state index contributed by atoms with van der Waals surface area (Å²) in [5.74, 6) is 1.37. The number of nitrogens with zero attached hydrogens (tertiary/aromatic N) is 3. The van der Waals surface area contributed by atoms with Gasteiger partial charge in [-0.3, -0.25) is 5.10 Å². The fraction of sp³-hybridized carbons (Fsp3) is 0.172. The highest BCUT2D eigenvalue weighted by Crippen LogP contribution is 2.35. The molecule has 0 saturated heterocycles. The molecule has 7 nitrogen and oxygen atoms in total. The van der Waals surface area contributed by atoms with E-state index in [0.717, 1.165) is 39.8 Å². The summed E-state index contributed by atoms with van der Waals surface area (Å²) in [7, 11) is 0. The predicted molar refractivity (Wildman–Crippen MR) is 142 cm³/mol. The highest BCUT2D eigenvalue weighted by Gasteiger charge is 2.16. The summed E-state index contributed by atoms with van der Waals surface area (Å²) in [6.07, 6.45) is 6.33. The molecular formula is C29H27N5O2. The fourth-order valence-corrected chi connectivity index (χ4v) is 4.66. The van der Waals surface area contributed by atoms with Crippen LogP contribution < -0.4 is 10.5 Å². The van der Waals surface area contributed by atoms with Crippen LogP contribution in [-0.4, -0.2) is 32.4 Å². The van der Waals surface area contributed by atoms with Gasteiger partial charge in [-0.05, 0) is 59.8 Å². The van der Waals surface area contributed by atoms with Gasteiger partial charge in [0.1, 0.15) is 18.1 Å². The summed E-state index contributed by atoms with van der Waals surface area (Å²) >= 11 is 0. The number of H-pyrrole nitrogens is 1. The average molecular weight is 478 g/mol. The van der Waals surface area contributed by atoms with E-state index in [0.29, 0.717) is 24.7 Å². The van der Waals surface area contributed by atoms with Crippen molar-refractivity contribution >= 4 is 21.8 Å². The number of hydrogen-bond acceptors (Lipinski definition) is 5. The molecule has 0 amide bonds. The van der Waals surface area contributed by atoms with Crippen LogP contribution in [0.5, 0.6) is 5.75 Å². The van der Waals surface area contributed by atoms with Crippen LogP contribution >= 0.6 is 0 Å². The number of benzene rings is 2. The Bertz CT molecular complexity index is 1630. The second kappa shape index (κ2) is 9.36. The number of rotatable bonds is 8. The van der Waals surface area contributed by atoms with Crippen molar-refractivity contribution in [2.24, 2.45) is 5.73 Å². The highest BCUT2D eigenvalue weighted by atomic mass is 16.5. The molecule has 0 spiro atoms. The number of fused-ring (bicyclic) bond motifs is 2. The number of furan rings is 1. The van der Waals surface area contributed by atoms with Gasteiger partial charge in [-0.15, -0.1) is 0 Å². The zero-order valence-electron chi connectivity index (χ0n) is 20.0. The van der Waals surface area contributed by atoms with Crippen molar-refractivity contribution in [3.8, 4) is 28.3 Å². The smallest absolute Gasteiger partial charge is 0.152 e. The van der Waals surface area contributed by atoms with Crippen LogP contribution in [-0.2, 0) is 13.0 Å². The molecule has 4 aromatic heterocycles. The Labute approximate surface area is 208 Å². The lowest BCUT2D eigenvalue weighted by molar-refractivity contribution is 0.276. The number of aromatic amines is 1. The normalized spacial score (nSPS) is 12.4. The maximum Gasteiger partial charge on any atom is 0.152 e. The van der Waals surface area contributed by atoms with Crippen molar-refractivity contribution in [2.45, 2.75) is 25.9 Å². The standard InChI is InChI=1S/C29H27N5O2/c1-2-25-24-14-20(9-10-26(24)33-32-25)23-15-22(16-31-29(23)28-8-5-13-35-28)36-18-21(30)17-34-12-11-19-6-3-4-7-27(19)34/h3-16,21H,2,17-18,30H2,1H3,(H,32,33)/t21-/m0/s1. The molecule has 0 unspecified atom stereocenters. The molecule has 0 radical (unpaired) electrons. The van der Waals surface area contributed by atoms with Crippen LogP contribution in [0.15, 0.2) is 89.8 Å². The van der Waals surface area contributed by atoms with E-state index in [1.165, 1.54) is 10.9 Å². The highest BCUT2D eigenvalue weighted by molar-refractivity contribution is 5.89. The molecular weight excluding hydrogens is 450 g/mol. The second-order valence-corrected chi connectivity index (χ2v) is 8.93. The van der Waals surface area contributed by atoms with E-state index in [1.54, 1.807) is 12.5 Å². The number of nitrogens with one attached hydrogen (secondary N) is 1. The lowest BCUT2D eigenvalue weighted by Crippen LogP contribution is -2.32. The van der Waals surface area contributed by atoms with Crippen molar-refractivity contribution in [3.63, 3.8) is 0 Å². The lowest BCUT2D eigenvalue weighted by atomic mass is 10.00. The van der Waals surface area contributed by atoms with E-state index in [2.05, 4.69) is 58.2 Å². The number of ether oxygens (including phenoxy) is 1. The topological polar surface area (TPSA) is 94.9 Å². The first-order valence-corrected chi connectivity index (χ1v) is 12.1. The number of aromatic nitrogens is 4. The van der Waals surface area contributed by atoms with E-state index in [4.69, 9.17) is 19.9 Å². The maximum atomic E-state index is 6.45. The Balaban J connectivity index is 1.28. The van der Waals surface area contributed by atoms with Crippen molar-refractivity contribution < 1.29 is 9.15 Å². The van der Waals surface area contributed by atoms with Gasteiger partial charge in [0.25, 0.3) is 0 Å². The van der Waals surface area contributed by atoms with Gasteiger partial charge < -0.3 is 19.5 Å². The molecule has 4 heterocycles. The largest absolute Gasteiger partial charge is 0.490 e. The van der Waals surface area contributed by atoms with Crippen LogP contribution in [0.1, 0.15) is 12.6 Å². The lowest BCUT2D eigenvalue weighted by Gasteiger charge is -2.16. The zero-order valence-corrected chi connectivity index (χ0v) is 20.0. The molecule has 7 heteroatoms. The van der Waals surface area contributed by atoms with Gasteiger partial charge in [-0.1, -0.05) is 31.2 Å². The molecule has 6 aromatic rings. The van der Waals surface area contributed by atoms with Gasteiger partial charge in [0.2, 0.25) is 0 Å². The molecule has 180 valence electrons. The summed E-state index contributed by atoms with van der Waals surface area (Å²) in [6, 6.07) is 22.2. The number of nitrogens with two attached hydrogens (primary N) is 1. The van der Waals surface area contributed by atoms with Crippen LogP contribution in [0.4, 0.5) is 0 Å². The number of aryl methyl sites for hydroxylation is 1. The average Bonchev–Trinajstić information content (AvgIpc) is 3.67. The molecule has 6 rings (SSSR count). The monoisotopic (exact) mass is 477 g/mol. The zero-order chi connectivity index (χ0) is 24.5. The first-order chi connectivity index (χ1) is 17.7. The molecule has 0 aliphatic heterocycles. The van der Waals surface area contributed by atoms with Gasteiger partial charge in [0.15, 0.2) is 5.76 Å². The summed E-state index contributed by atoms with van der Waals surface area (Å²) in [5, 5.41) is 9.85. The minimum Gasteiger partial charge on any atom is -0.490 e. The number of pyridine rings is 1. The van der Waals surface area contributed by atoms with Gasteiger partial charge in [-0.2, -0.15) is 5.10 Å². The van der Waals surface area contributed by atoms with Gasteiger partial charge >= 0.3 is 0 Å². The van der Waals surface area contributed by atoms with Crippen molar-refractivity contribution in [1.29, 1.82) is 0 Å². The quantitative estimate of drug-likeness (QED) is 0.289. The van der Waals surface area contributed by atoms with E-state index in [9.17, 15) is 0 Å². The Morgan fingerprint density at radius 2 is 2.00 bits per heavy atom. The molecule has 1 atom stereocenters. The van der Waals surface area contributed by atoms with Crippen LogP contribution in [0.25, 0.3) is 44.4 Å². The maximum absolute atomic E-state index is 6.45. The SMILES string of the molecule is CCc1[nH]nc2ccc(-c3cc(OC[C@@H](N)Cn4ccc5ccccc54)cnc3-c3ccco3)cc12. The molecule has 3 N–H and O–H groups in total. The Morgan fingerprint density at radius 3 is 2.86 bits per heavy atom. The third-order valence-corrected chi connectivity index (χ3v) is 6.49. The van der Waals surface area contributed by atoms with Crippen molar-refractivity contribution in [1.82, 2.24) is 19.7 Å². The Kier molecular flexibility index (Phi) is 5.75. The van der Waals surface area contributed by atoms with E-state index >= 15 is 0 Å². The minimum atomic E-state index is -0.177. The first kappa shape index (κ1) is 22.1. The van der Waals surface area contributed by atoms with Gasteiger partial charge in [0, 0.05) is 34.9 Å². The molecule has 2 aromatic carbocycles. The minimum absolute atomic E-state index is 0.177. The molecule has 0 aliphatic carbocycles. The second-order valence-electron chi connectivity index (χ2n) is 8.93. The molecule has 0 fully saturated rings. The van der Waals surface area contributed by atoms with Crippen LogP contribution in [0, 0.1) is 0 Å². The molecule has 0 saturated carbocycles. The number of hydrogen-bond donors (Lipinski definition) is 2. The Morgan fingerprint density at radius 1 is 1.08 bits per heavy atom. The van der Waals surface area contributed by atoms with E-state index in [1.807, 2.05) is 36.4 Å². The Hall–Kier alpha value is -4.36. The summed E-state index contributed by atoms with van der Waals surface area (Å²) < 4.78 is 14.0.